The Balaban J connectivity index is 0.000000405. The Morgan fingerprint density at radius 1 is 0.432 bits per heavy atom. The van der Waals surface area contributed by atoms with Crippen molar-refractivity contribution in [3.05, 3.63) is 468 Å². The summed E-state index contributed by atoms with van der Waals surface area (Å²) in [7, 11) is 2.37. The van der Waals surface area contributed by atoms with Crippen molar-refractivity contribution in [1.82, 2.24) is 4.98 Å². The highest BCUT2D eigenvalue weighted by Crippen LogP contribution is 2.33. The number of aromatic nitrogens is 1. The first-order valence-corrected chi connectivity index (χ1v) is 49.0. The number of aromatic amines is 1. The predicted molar refractivity (Wildman–Crippen MR) is 597 cm³/mol. The number of hydrogen-bond acceptors (Lipinski definition) is 14. The van der Waals surface area contributed by atoms with Gasteiger partial charge >= 0.3 is 22.3 Å². The Morgan fingerprint density at radius 3 is 1.18 bits per heavy atom. The van der Waals surface area contributed by atoms with Crippen LogP contribution in [0.1, 0.15) is 122 Å². The lowest BCUT2D eigenvalue weighted by Gasteiger charge is -2.11. The summed E-state index contributed by atoms with van der Waals surface area (Å²) >= 11 is 10.8. The molecule has 0 amide bonds. The average Bonchev–Trinajstić information content (AvgIpc) is 1.68. The number of nitrogens with one attached hydrogen (secondary N) is 4. The zero-order valence-electron chi connectivity index (χ0n) is 87.3. The molecule has 778 valence electrons. The number of carbonyl (C=O) groups is 1. The number of rotatable bonds is 14. The maximum Gasteiger partial charge on any atom is 0.416 e. The van der Waals surface area contributed by atoms with E-state index in [4.69, 9.17) is 59.1 Å². The molecular weight excluding hydrogens is 1920 g/mol. The molecule has 0 saturated carbocycles. The van der Waals surface area contributed by atoms with E-state index in [0.717, 1.165) is 82.4 Å². The number of H-pyrrole nitrogens is 1. The normalized spacial score (nSPS) is 10.1. The van der Waals surface area contributed by atoms with Gasteiger partial charge in [0.05, 0.1) is 24.5 Å². The van der Waals surface area contributed by atoms with Gasteiger partial charge in [-0.2, -0.15) is 21.6 Å². The van der Waals surface area contributed by atoms with E-state index in [2.05, 4.69) is 157 Å². The van der Waals surface area contributed by atoms with E-state index in [1.165, 1.54) is 115 Å². The second kappa shape index (κ2) is 67.6. The van der Waals surface area contributed by atoms with E-state index < -0.39 is 27.8 Å². The molecule has 1 aromatic heterocycles. The molecule has 26 heteroatoms. The van der Waals surface area contributed by atoms with Crippen molar-refractivity contribution in [3.63, 3.8) is 0 Å². The Morgan fingerprint density at radius 2 is 0.788 bits per heavy atom. The van der Waals surface area contributed by atoms with Gasteiger partial charge < -0.3 is 65.9 Å². The second-order valence-electron chi connectivity index (χ2n) is 34.4. The molecule has 1 aliphatic heterocycles. The number of fused-ring (bicyclic) bond motifs is 2. The fourth-order valence-corrected chi connectivity index (χ4v) is 11.8. The Labute approximate surface area is 869 Å². The highest BCUT2D eigenvalue weighted by Gasteiger charge is 2.29. The average molecular weight is 2060 g/mol. The molecule has 15 aromatic rings. The van der Waals surface area contributed by atoms with Gasteiger partial charge in [0.15, 0.2) is 11.5 Å². The van der Waals surface area contributed by atoms with Crippen LogP contribution in [0.4, 0.5) is 64.9 Å². The van der Waals surface area contributed by atoms with Crippen LogP contribution in [-0.2, 0) is 16.3 Å². The van der Waals surface area contributed by atoms with E-state index in [0.29, 0.717) is 58.5 Å². The molecule has 0 atom stereocenters. The summed E-state index contributed by atoms with van der Waals surface area (Å²) < 4.78 is 128. The van der Waals surface area contributed by atoms with Crippen molar-refractivity contribution in [1.29, 1.82) is 0 Å². The number of nitrogen functional groups attached to an aromatic ring is 2. The van der Waals surface area contributed by atoms with E-state index in [9.17, 15) is 43.9 Å². The van der Waals surface area contributed by atoms with E-state index in [1.54, 1.807) is 144 Å². The van der Waals surface area contributed by atoms with Crippen molar-refractivity contribution in [2.24, 2.45) is 0 Å². The van der Waals surface area contributed by atoms with Crippen LogP contribution in [0.2, 0.25) is 0 Å². The van der Waals surface area contributed by atoms with Gasteiger partial charge in [0.2, 0.25) is 6.79 Å². The summed E-state index contributed by atoms with van der Waals surface area (Å²) in [6.07, 6.45) is 4.61. The van der Waals surface area contributed by atoms with Crippen LogP contribution < -0.4 is 50.7 Å². The lowest BCUT2D eigenvalue weighted by Crippen LogP contribution is -2.07. The number of nitrogens with two attached hydrogens (primary N) is 2. The van der Waals surface area contributed by atoms with Crippen molar-refractivity contribution in [3.8, 4) is 28.7 Å². The number of benzene rings is 14. The monoisotopic (exact) mass is 2060 g/mol. The Bertz CT molecular complexity index is 6270. The molecule has 0 unspecified atom stereocenters. The SMILES string of the molecule is CC(C)=CCNc1ccc(C)c(F)c1.CC(C)=CCNc1ccc(C)cc1.COc1ccc(C)cc1.Cc1ccc(C(=O)O)cc1.Cc1ccc(C(F)(F)F)cc1.Cc1ccc(F)cc1.Cc1ccc(N(C)C)cc1.Cc1ccc(N)cc1.Cc1ccc(N)cc1F.Cc1ccc(NCC=C(Cl)Cl)cc1F.Cc1ccc(O)cc1.Cc1ccc(OS(C)(=O)=O)cc1.Cc1ccc2[nH]ccc2c1.Cc1ccc2c(c1)OCO2. The van der Waals surface area contributed by atoms with Crippen LogP contribution in [0.25, 0.3) is 10.9 Å². The molecule has 10 N–H and O–H groups in total. The number of aryl methyl sites for hydroxylation is 14. The number of carboxylic acids is 1. The fraction of sp³-hybridized carbons (Fsp3) is 0.225. The first-order chi connectivity index (χ1) is 68.8. The predicted octanol–water partition coefficient (Wildman–Crippen LogP) is 32.2. The van der Waals surface area contributed by atoms with Crippen molar-refractivity contribution in [2.75, 3.05) is 86.2 Å². The number of phenolic OH excluding ortho intramolecular Hbond substituents is 1. The second-order valence-corrected chi connectivity index (χ2v) is 36.9. The first-order valence-electron chi connectivity index (χ1n) is 46.4. The summed E-state index contributed by atoms with van der Waals surface area (Å²) in [5.74, 6) is 1.64. The Hall–Kier alpha value is -14.9. The molecule has 14 aromatic carbocycles. The minimum Gasteiger partial charge on any atom is -0.508 e. The third-order valence-corrected chi connectivity index (χ3v) is 20.7. The molecule has 0 aliphatic carbocycles. The number of phenols is 1. The summed E-state index contributed by atoms with van der Waals surface area (Å²) in [4.78, 5) is 15.6. The number of aromatic hydroxyl groups is 1. The van der Waals surface area contributed by atoms with Crippen molar-refractivity contribution < 1.29 is 72.6 Å². The third kappa shape index (κ3) is 58.0. The number of halogens is 9. The number of allylic oxidation sites excluding steroid dienone is 2. The number of methoxy groups -OCH3 is 1. The number of carboxylic acid groups (broad SMARTS) is 1. The lowest BCUT2D eigenvalue weighted by molar-refractivity contribution is -0.137. The summed E-state index contributed by atoms with van der Waals surface area (Å²) in [5.41, 5.74) is 34.3. The number of nitrogens with zero attached hydrogens (tertiary/aromatic N) is 1. The third-order valence-electron chi connectivity index (χ3n) is 19.9. The topological polar surface area (TPSA) is 236 Å². The quantitative estimate of drug-likeness (QED) is 0.0219. The van der Waals surface area contributed by atoms with Crippen molar-refractivity contribution >= 4 is 84.3 Å². The smallest absolute Gasteiger partial charge is 0.416 e. The van der Waals surface area contributed by atoms with E-state index in [1.807, 2.05) is 161 Å². The van der Waals surface area contributed by atoms with Gasteiger partial charge in [-0.3, -0.25) is 0 Å². The zero-order valence-corrected chi connectivity index (χ0v) is 89.7. The van der Waals surface area contributed by atoms with Crippen LogP contribution in [0.5, 0.6) is 28.7 Å². The highest BCUT2D eigenvalue weighted by atomic mass is 35.5. The van der Waals surface area contributed by atoms with Crippen LogP contribution in [0, 0.1) is 120 Å². The summed E-state index contributed by atoms with van der Waals surface area (Å²) in [6, 6.07) is 94.0. The van der Waals surface area contributed by atoms with E-state index in [-0.39, 0.29) is 27.8 Å². The Kier molecular flexibility index (Phi) is 58.1. The van der Waals surface area contributed by atoms with Crippen LogP contribution in [-0.4, -0.2) is 83.5 Å². The van der Waals surface area contributed by atoms with Gasteiger partial charge in [0, 0.05) is 79.6 Å². The standard InChI is InChI=1S/C12H16FN.C12H17N.C10H10Cl2FN.C9H9N.C9H13N.C8H7F3.C8H10O3S.2C8H8O2.C8H10O.C7H8FN.C7H7F.C7H9N.C7H8O/c1-9(2)6-7-14-11-5-4-10(3)12(13)8-11;1-10(2)8-9-13-12-6-4-11(3)5-7-12;1-7-2-3-8(6-9(7)13)14-5-4-10(11)12;1-7-2-3-9-8(6-7)4-5-10-9;1-8-4-6-9(7-5-8)10(2)3;1-6-2-4-7(5-3-6)8(9,10)11;1-7-3-5-8(6-4-7)11-12(2,9)10;1-6-2-3-7-8(4-6)10-5-9-7;1-6-2-4-7(5-3-6)8(9)10;1-7-3-5-8(9-2)6-4-7;1-5-2-3-6(9)4-7(5)8;3*1-6-2-4-7(8)5-3-6/h4-6,8,14H,7H2,1-3H3;4-8,13H,9H2,1-3H3;2-4,6,14H,5H2,1H3;2-6,10H,1H3;4-7H,1-3H3;2-5H,1H3;3-6H,1-2H3;2-4H,5H2,1H3;2-5H,1H3,(H,9,10);3-6H,1-2H3;2-4H,9H2,1H3;2-5H,1H3;2-5H,8H2,1H3;2-5,8H,1H3. The first kappa shape index (κ1) is 125. The largest absolute Gasteiger partial charge is 0.508 e. The van der Waals surface area contributed by atoms with Gasteiger partial charge in [-0.05, 0) is 334 Å². The van der Waals surface area contributed by atoms with Gasteiger partial charge in [-0.15, -0.1) is 0 Å². The number of anilines is 6. The van der Waals surface area contributed by atoms with Gasteiger partial charge in [0.1, 0.15) is 45.0 Å². The number of hydrogen-bond donors (Lipinski definition) is 8. The maximum atomic E-state index is 13.1. The number of ether oxygens (including phenoxy) is 3. The summed E-state index contributed by atoms with van der Waals surface area (Å²) in [5, 5.41) is 27.9. The molecule has 0 radical (unpaired) electrons. The minimum atomic E-state index is -4.21. The molecule has 0 bridgehead atoms. The molecule has 0 spiro atoms. The maximum absolute atomic E-state index is 13.1. The lowest BCUT2D eigenvalue weighted by atomic mass is 10.1. The zero-order chi connectivity index (χ0) is 109. The molecule has 1 aliphatic rings. The number of alkyl halides is 3. The molecule has 16 rings (SSSR count). The molecule has 16 nitrogen and oxygen atoms in total. The van der Waals surface area contributed by atoms with Crippen molar-refractivity contribution in [2.45, 2.75) is 131 Å². The highest BCUT2D eigenvalue weighted by molar-refractivity contribution is 7.86. The molecule has 0 fully saturated rings. The molecule has 0 saturated heterocycles. The fourth-order valence-electron chi connectivity index (χ4n) is 11.2. The molecule has 2 heterocycles. The van der Waals surface area contributed by atoms with Crippen LogP contribution >= 0.6 is 23.2 Å². The van der Waals surface area contributed by atoms with Gasteiger partial charge in [0.25, 0.3) is 0 Å². The molecular formula is C120H140Cl2F7N7O9S. The van der Waals surface area contributed by atoms with E-state index >= 15 is 0 Å². The molecule has 146 heavy (non-hydrogen) atoms. The van der Waals surface area contributed by atoms with Crippen LogP contribution in [0.15, 0.2) is 356 Å². The summed E-state index contributed by atoms with van der Waals surface area (Å²) in [6.45, 7) is 37.9. The van der Waals surface area contributed by atoms with Crippen LogP contribution in [0.3, 0.4) is 0 Å². The van der Waals surface area contributed by atoms with Gasteiger partial charge in [-0.25, -0.2) is 22.4 Å². The van der Waals surface area contributed by atoms with Gasteiger partial charge in [-0.1, -0.05) is 242 Å². The number of aromatic carboxylic acids is 1. The minimum absolute atomic E-state index is 0.160.